The first-order chi connectivity index (χ1) is 15.0. The van der Waals surface area contributed by atoms with Crippen molar-refractivity contribution in [2.45, 2.75) is 33.5 Å². The van der Waals surface area contributed by atoms with E-state index in [1.807, 2.05) is 32.0 Å². The van der Waals surface area contributed by atoms with Gasteiger partial charge in [-0.05, 0) is 49.7 Å². The van der Waals surface area contributed by atoms with Gasteiger partial charge in [-0.3, -0.25) is 0 Å². The van der Waals surface area contributed by atoms with Crippen molar-refractivity contribution in [1.29, 1.82) is 0 Å². The zero-order valence-corrected chi connectivity index (χ0v) is 20.9. The van der Waals surface area contributed by atoms with Crippen LogP contribution in [0.3, 0.4) is 0 Å². The van der Waals surface area contributed by atoms with Crippen molar-refractivity contribution in [1.82, 2.24) is 10.6 Å². The molecule has 0 amide bonds. The molecule has 0 radical (unpaired) electrons. The molecule has 0 bridgehead atoms. The van der Waals surface area contributed by atoms with Crippen LogP contribution in [0.15, 0.2) is 41.4 Å². The average Bonchev–Trinajstić information content (AvgIpc) is 2.76. The summed E-state index contributed by atoms with van der Waals surface area (Å²) in [6, 6.07) is 10.3. The Kier molecular flexibility index (Phi) is 12.5. The van der Waals surface area contributed by atoms with Gasteiger partial charge in [-0.2, -0.15) is 8.78 Å². The van der Waals surface area contributed by atoms with Gasteiger partial charge in [0.25, 0.3) is 0 Å². The van der Waals surface area contributed by atoms with E-state index in [2.05, 4.69) is 20.4 Å². The molecule has 2 N–H and O–H groups in total. The fourth-order valence-corrected chi connectivity index (χ4v) is 2.81. The van der Waals surface area contributed by atoms with Gasteiger partial charge in [0.15, 0.2) is 17.5 Å². The molecule has 0 unspecified atom stereocenters. The maximum atomic E-state index is 12.7. The minimum absolute atomic E-state index is 0. The van der Waals surface area contributed by atoms with Gasteiger partial charge in [0.1, 0.15) is 11.5 Å². The first-order valence-electron chi connectivity index (χ1n) is 9.94. The summed E-state index contributed by atoms with van der Waals surface area (Å²) in [6.07, 6.45) is 0. The van der Waals surface area contributed by atoms with E-state index >= 15 is 0 Å². The van der Waals surface area contributed by atoms with E-state index in [0.717, 1.165) is 5.56 Å². The molecule has 32 heavy (non-hydrogen) atoms. The third-order valence-electron chi connectivity index (χ3n) is 4.22. The lowest BCUT2D eigenvalue weighted by Crippen LogP contribution is -2.36. The molecule has 0 saturated heterocycles. The van der Waals surface area contributed by atoms with Crippen LogP contribution >= 0.6 is 24.0 Å². The standard InChI is InChI=1S/C22H29F2N3O4.HI/c1-5-25-22(26-13-15-7-9-19(29-4)20(11-15)30-6-2)27-14-16-12-17(28-3)8-10-18(16)31-21(23)24;/h7-12,21H,5-6,13-14H2,1-4H3,(H2,25,26,27);1H. The molecule has 10 heteroatoms. The van der Waals surface area contributed by atoms with Crippen LogP contribution in [0.25, 0.3) is 0 Å². The number of methoxy groups -OCH3 is 2. The molecule has 0 heterocycles. The van der Waals surface area contributed by atoms with Gasteiger partial charge in [0.2, 0.25) is 0 Å². The topological polar surface area (TPSA) is 73.3 Å². The molecule has 2 aromatic carbocycles. The minimum atomic E-state index is -2.91. The van der Waals surface area contributed by atoms with Gasteiger partial charge in [0.05, 0.1) is 27.4 Å². The number of halogens is 3. The monoisotopic (exact) mass is 565 g/mol. The van der Waals surface area contributed by atoms with Crippen LogP contribution in [0.4, 0.5) is 8.78 Å². The molecule has 0 fully saturated rings. The smallest absolute Gasteiger partial charge is 0.387 e. The fraction of sp³-hybridized carbons (Fsp3) is 0.409. The van der Waals surface area contributed by atoms with E-state index in [0.29, 0.717) is 48.5 Å². The predicted octanol–water partition coefficient (Wildman–Crippen LogP) is 4.58. The van der Waals surface area contributed by atoms with Crippen molar-refractivity contribution in [2.75, 3.05) is 27.4 Å². The zero-order chi connectivity index (χ0) is 22.6. The van der Waals surface area contributed by atoms with Gasteiger partial charge in [-0.25, -0.2) is 4.99 Å². The SMILES string of the molecule is CCNC(=NCc1ccc(OC)c(OCC)c1)NCc1cc(OC)ccc1OC(F)F.I. The Morgan fingerprint density at radius 1 is 0.969 bits per heavy atom. The van der Waals surface area contributed by atoms with Crippen LogP contribution in [-0.4, -0.2) is 39.9 Å². The van der Waals surface area contributed by atoms with Crippen LogP contribution in [-0.2, 0) is 13.1 Å². The van der Waals surface area contributed by atoms with E-state index < -0.39 is 6.61 Å². The lowest BCUT2D eigenvalue weighted by molar-refractivity contribution is -0.0505. The number of ether oxygens (including phenoxy) is 4. The lowest BCUT2D eigenvalue weighted by Gasteiger charge is -2.15. The quantitative estimate of drug-likeness (QED) is 0.236. The highest BCUT2D eigenvalue weighted by Gasteiger charge is 2.12. The number of benzene rings is 2. The Bertz CT molecular complexity index is 869. The Hall–Kier alpha value is -2.50. The average molecular weight is 565 g/mol. The van der Waals surface area contributed by atoms with Crippen molar-refractivity contribution < 1.29 is 27.7 Å². The molecule has 2 rings (SSSR count). The summed E-state index contributed by atoms with van der Waals surface area (Å²) in [5, 5.41) is 6.27. The third-order valence-corrected chi connectivity index (χ3v) is 4.22. The number of hydrogen-bond acceptors (Lipinski definition) is 5. The van der Waals surface area contributed by atoms with E-state index in [1.165, 1.54) is 13.2 Å². The van der Waals surface area contributed by atoms with Gasteiger partial charge in [-0.15, -0.1) is 24.0 Å². The number of rotatable bonds is 11. The molecule has 0 aliphatic rings. The third kappa shape index (κ3) is 8.56. The summed E-state index contributed by atoms with van der Waals surface area (Å²) in [4.78, 5) is 4.57. The molecule has 178 valence electrons. The summed E-state index contributed by atoms with van der Waals surface area (Å²) in [5.74, 6) is 2.46. The Morgan fingerprint density at radius 2 is 1.72 bits per heavy atom. The molecular formula is C22H30F2IN3O4. The molecule has 2 aromatic rings. The number of aliphatic imine (C=N–C) groups is 1. The van der Waals surface area contributed by atoms with E-state index in [-0.39, 0.29) is 36.3 Å². The van der Waals surface area contributed by atoms with Gasteiger partial charge >= 0.3 is 6.61 Å². The minimum Gasteiger partial charge on any atom is -0.497 e. The Balaban J connectivity index is 0.00000512. The van der Waals surface area contributed by atoms with Gasteiger partial charge < -0.3 is 29.6 Å². The molecule has 0 atom stereocenters. The zero-order valence-electron chi connectivity index (χ0n) is 18.6. The first-order valence-corrected chi connectivity index (χ1v) is 9.94. The van der Waals surface area contributed by atoms with Crippen molar-refractivity contribution >= 4 is 29.9 Å². The van der Waals surface area contributed by atoms with Crippen molar-refractivity contribution in [3.63, 3.8) is 0 Å². The van der Waals surface area contributed by atoms with E-state index in [1.54, 1.807) is 19.2 Å². The number of nitrogens with one attached hydrogen (secondary N) is 2. The molecule has 0 aliphatic carbocycles. The van der Waals surface area contributed by atoms with Crippen LogP contribution in [0, 0.1) is 0 Å². The highest BCUT2D eigenvalue weighted by atomic mass is 127. The molecular weight excluding hydrogens is 535 g/mol. The fourth-order valence-electron chi connectivity index (χ4n) is 2.81. The van der Waals surface area contributed by atoms with Crippen LogP contribution in [0.2, 0.25) is 0 Å². The maximum Gasteiger partial charge on any atom is 0.387 e. The Morgan fingerprint density at radius 3 is 2.34 bits per heavy atom. The predicted molar refractivity (Wildman–Crippen MR) is 131 cm³/mol. The number of alkyl halides is 2. The van der Waals surface area contributed by atoms with Gasteiger partial charge in [0, 0.05) is 18.7 Å². The Labute approximate surface area is 204 Å². The second-order valence-electron chi connectivity index (χ2n) is 6.32. The second-order valence-corrected chi connectivity index (χ2v) is 6.32. The van der Waals surface area contributed by atoms with Crippen LogP contribution in [0.5, 0.6) is 23.0 Å². The largest absolute Gasteiger partial charge is 0.497 e. The lowest BCUT2D eigenvalue weighted by atomic mass is 10.2. The van der Waals surface area contributed by atoms with E-state index in [4.69, 9.17) is 14.2 Å². The number of guanidine groups is 1. The highest BCUT2D eigenvalue weighted by molar-refractivity contribution is 14.0. The summed E-state index contributed by atoms with van der Waals surface area (Å²) >= 11 is 0. The molecule has 0 aliphatic heterocycles. The van der Waals surface area contributed by atoms with Crippen molar-refractivity contribution in [3.8, 4) is 23.0 Å². The second kappa shape index (κ2) is 14.5. The summed E-state index contributed by atoms with van der Waals surface area (Å²) < 4.78 is 46.1. The molecule has 0 saturated carbocycles. The van der Waals surface area contributed by atoms with Crippen molar-refractivity contribution in [2.24, 2.45) is 4.99 Å². The normalized spacial score (nSPS) is 10.9. The summed E-state index contributed by atoms with van der Waals surface area (Å²) in [6.45, 7) is 2.70. The summed E-state index contributed by atoms with van der Waals surface area (Å²) in [7, 11) is 3.10. The van der Waals surface area contributed by atoms with Gasteiger partial charge in [-0.1, -0.05) is 6.07 Å². The van der Waals surface area contributed by atoms with E-state index in [9.17, 15) is 8.78 Å². The number of nitrogens with zero attached hydrogens (tertiary/aromatic N) is 1. The molecule has 0 spiro atoms. The van der Waals surface area contributed by atoms with Crippen molar-refractivity contribution in [3.05, 3.63) is 47.5 Å². The van der Waals surface area contributed by atoms with Crippen LogP contribution < -0.4 is 29.6 Å². The molecule has 7 nitrogen and oxygen atoms in total. The number of hydrogen-bond donors (Lipinski definition) is 2. The first kappa shape index (κ1) is 27.5. The highest BCUT2D eigenvalue weighted by Crippen LogP contribution is 2.28. The summed E-state index contributed by atoms with van der Waals surface area (Å²) in [5.41, 5.74) is 1.46. The molecule has 0 aromatic heterocycles. The van der Waals surface area contributed by atoms with Crippen LogP contribution in [0.1, 0.15) is 25.0 Å². The maximum absolute atomic E-state index is 12.7.